The molecule has 1 N–H and O–H groups in total. The number of hydrogen-bond donors (Lipinski definition) is 1. The molecule has 0 aromatic heterocycles. The number of nitrogens with one attached hydrogen (secondary N) is 1. The van der Waals surface area contributed by atoms with Gasteiger partial charge < -0.3 is 14.8 Å². The monoisotopic (exact) mass is 367 g/mol. The van der Waals surface area contributed by atoms with Crippen LogP contribution in [0.25, 0.3) is 0 Å². The summed E-state index contributed by atoms with van der Waals surface area (Å²) in [6.45, 7) is 5.17. The number of halogens is 4. The summed E-state index contributed by atoms with van der Waals surface area (Å²) in [5.74, 6) is -0.191. The van der Waals surface area contributed by atoms with Crippen molar-refractivity contribution in [1.82, 2.24) is 5.32 Å². The van der Waals surface area contributed by atoms with Gasteiger partial charge in [0.05, 0.1) is 11.2 Å². The first-order valence-electron chi connectivity index (χ1n) is 6.55. The van der Waals surface area contributed by atoms with E-state index in [9.17, 15) is 13.2 Å². The van der Waals surface area contributed by atoms with E-state index in [1.54, 1.807) is 0 Å². The number of hydrogen-bond acceptors (Lipinski definition) is 3. The van der Waals surface area contributed by atoms with Crippen molar-refractivity contribution in [3.63, 3.8) is 0 Å². The summed E-state index contributed by atoms with van der Waals surface area (Å²) in [6, 6.07) is 3.67. The minimum atomic E-state index is -4.44. The number of ether oxygens (including phenoxy) is 2. The number of morpholine rings is 1. The summed E-state index contributed by atoms with van der Waals surface area (Å²) in [4.78, 5) is 0. The van der Waals surface area contributed by atoms with E-state index in [4.69, 9.17) is 9.47 Å². The molecule has 2 rings (SSSR count). The maximum atomic E-state index is 12.9. The predicted octanol–water partition coefficient (Wildman–Crippen LogP) is 3.61. The Morgan fingerprint density at radius 2 is 2.14 bits per heavy atom. The molecule has 1 saturated heterocycles. The van der Waals surface area contributed by atoms with Gasteiger partial charge >= 0.3 is 6.18 Å². The van der Waals surface area contributed by atoms with E-state index < -0.39 is 11.7 Å². The van der Waals surface area contributed by atoms with Crippen molar-refractivity contribution >= 4 is 15.9 Å². The largest absolute Gasteiger partial charge is 0.490 e. The van der Waals surface area contributed by atoms with Crippen LogP contribution in [0.1, 0.15) is 19.4 Å². The van der Waals surface area contributed by atoms with Crippen LogP contribution < -0.4 is 10.1 Å². The Labute approximate surface area is 129 Å². The first-order valence-corrected chi connectivity index (χ1v) is 7.35. The minimum absolute atomic E-state index is 0.0654. The fourth-order valence-corrected chi connectivity index (χ4v) is 2.53. The normalized spacial score (nSPS) is 22.1. The predicted molar refractivity (Wildman–Crippen MR) is 76.5 cm³/mol. The first-order chi connectivity index (χ1) is 9.67. The van der Waals surface area contributed by atoms with Crippen molar-refractivity contribution in [3.8, 4) is 5.75 Å². The Kier molecular flexibility index (Phi) is 4.85. The van der Waals surface area contributed by atoms with Crippen molar-refractivity contribution in [2.45, 2.75) is 31.7 Å². The molecule has 1 aliphatic heterocycles. The standard InChI is InChI=1S/C14H17BrF3NO2/c1-13(2)8-19-6-10(21-13)7-20-12-5-9(15)3-4-11(12)14(16,17)18/h3-5,10,19H,6-8H2,1-2H3. The van der Waals surface area contributed by atoms with Gasteiger partial charge in [0, 0.05) is 17.6 Å². The summed E-state index contributed by atoms with van der Waals surface area (Å²) < 4.78 is 50.5. The minimum Gasteiger partial charge on any atom is -0.490 e. The van der Waals surface area contributed by atoms with Gasteiger partial charge in [-0.1, -0.05) is 15.9 Å². The Balaban J connectivity index is 2.07. The molecule has 1 aromatic rings. The lowest BCUT2D eigenvalue weighted by Crippen LogP contribution is -2.52. The van der Waals surface area contributed by atoms with Gasteiger partial charge in [0.1, 0.15) is 18.5 Å². The van der Waals surface area contributed by atoms with E-state index in [-0.39, 0.29) is 24.1 Å². The van der Waals surface area contributed by atoms with E-state index in [0.29, 0.717) is 17.6 Å². The molecule has 1 unspecified atom stereocenters. The summed E-state index contributed by atoms with van der Waals surface area (Å²) in [5, 5.41) is 3.18. The molecule has 0 saturated carbocycles. The molecule has 1 fully saturated rings. The van der Waals surface area contributed by atoms with Gasteiger partial charge in [-0.2, -0.15) is 13.2 Å². The highest BCUT2D eigenvalue weighted by Crippen LogP contribution is 2.37. The second kappa shape index (κ2) is 6.14. The molecule has 0 spiro atoms. The van der Waals surface area contributed by atoms with Gasteiger partial charge in [-0.15, -0.1) is 0 Å². The first kappa shape index (κ1) is 16.6. The molecule has 21 heavy (non-hydrogen) atoms. The molecular formula is C14H17BrF3NO2. The van der Waals surface area contributed by atoms with Gasteiger partial charge in [0.15, 0.2) is 0 Å². The molecule has 0 aliphatic carbocycles. The van der Waals surface area contributed by atoms with Crippen molar-refractivity contribution in [1.29, 1.82) is 0 Å². The summed E-state index contributed by atoms with van der Waals surface area (Å²) in [7, 11) is 0. The lowest BCUT2D eigenvalue weighted by molar-refractivity contribution is -0.140. The van der Waals surface area contributed by atoms with Gasteiger partial charge in [-0.25, -0.2) is 0 Å². The number of rotatable bonds is 3. The zero-order chi connectivity index (χ0) is 15.7. The average Bonchev–Trinajstić information content (AvgIpc) is 2.34. The summed E-state index contributed by atoms with van der Waals surface area (Å²) in [6.07, 6.45) is -4.73. The molecule has 0 bridgehead atoms. The van der Waals surface area contributed by atoms with Crippen molar-refractivity contribution < 1.29 is 22.6 Å². The highest BCUT2D eigenvalue weighted by atomic mass is 79.9. The smallest absolute Gasteiger partial charge is 0.419 e. The Bertz CT molecular complexity index is 505. The fraction of sp³-hybridized carbons (Fsp3) is 0.571. The van der Waals surface area contributed by atoms with Gasteiger partial charge in [-0.3, -0.25) is 0 Å². The molecule has 1 aliphatic rings. The highest BCUT2D eigenvalue weighted by molar-refractivity contribution is 9.10. The lowest BCUT2D eigenvalue weighted by atomic mass is 10.1. The van der Waals surface area contributed by atoms with Gasteiger partial charge in [0.2, 0.25) is 0 Å². The molecule has 7 heteroatoms. The maximum absolute atomic E-state index is 12.9. The molecule has 1 heterocycles. The van der Waals surface area contributed by atoms with Crippen LogP contribution in [0.2, 0.25) is 0 Å². The SMILES string of the molecule is CC1(C)CNCC(COc2cc(Br)ccc2C(F)(F)F)O1. The number of benzene rings is 1. The van der Waals surface area contributed by atoms with Crippen LogP contribution in [0.15, 0.2) is 22.7 Å². The molecule has 118 valence electrons. The third kappa shape index (κ3) is 4.59. The summed E-state index contributed by atoms with van der Waals surface area (Å²) >= 11 is 3.16. The van der Waals surface area contributed by atoms with Gasteiger partial charge in [-0.05, 0) is 32.0 Å². The second-order valence-electron chi connectivity index (χ2n) is 5.58. The lowest BCUT2D eigenvalue weighted by Gasteiger charge is -2.36. The molecule has 1 atom stereocenters. The van der Waals surface area contributed by atoms with Crippen LogP contribution in [-0.2, 0) is 10.9 Å². The third-order valence-electron chi connectivity index (χ3n) is 3.08. The van der Waals surface area contributed by atoms with Crippen LogP contribution in [0.4, 0.5) is 13.2 Å². The Morgan fingerprint density at radius 3 is 2.76 bits per heavy atom. The molecular weight excluding hydrogens is 351 g/mol. The highest BCUT2D eigenvalue weighted by Gasteiger charge is 2.35. The van der Waals surface area contributed by atoms with E-state index in [1.807, 2.05) is 13.8 Å². The summed E-state index contributed by atoms with van der Waals surface area (Å²) in [5.41, 5.74) is -1.13. The van der Waals surface area contributed by atoms with E-state index in [1.165, 1.54) is 12.1 Å². The Hall–Kier alpha value is -0.790. The Morgan fingerprint density at radius 1 is 1.43 bits per heavy atom. The molecule has 3 nitrogen and oxygen atoms in total. The molecule has 0 amide bonds. The van der Waals surface area contributed by atoms with Crippen molar-refractivity contribution in [3.05, 3.63) is 28.2 Å². The molecule has 0 radical (unpaired) electrons. The van der Waals surface area contributed by atoms with Crippen LogP contribution >= 0.6 is 15.9 Å². The zero-order valence-electron chi connectivity index (χ0n) is 11.8. The van der Waals surface area contributed by atoms with Crippen molar-refractivity contribution in [2.75, 3.05) is 19.7 Å². The van der Waals surface area contributed by atoms with Crippen LogP contribution in [0.3, 0.4) is 0 Å². The van der Waals surface area contributed by atoms with E-state index >= 15 is 0 Å². The van der Waals surface area contributed by atoms with Crippen LogP contribution in [0, 0.1) is 0 Å². The third-order valence-corrected chi connectivity index (χ3v) is 3.58. The van der Waals surface area contributed by atoms with E-state index in [2.05, 4.69) is 21.2 Å². The second-order valence-corrected chi connectivity index (χ2v) is 6.50. The molecule has 1 aromatic carbocycles. The van der Waals surface area contributed by atoms with Crippen LogP contribution in [0.5, 0.6) is 5.75 Å². The average molecular weight is 368 g/mol. The zero-order valence-corrected chi connectivity index (χ0v) is 13.3. The number of alkyl halides is 3. The maximum Gasteiger partial charge on any atom is 0.419 e. The van der Waals surface area contributed by atoms with E-state index in [0.717, 1.165) is 6.07 Å². The topological polar surface area (TPSA) is 30.5 Å². The van der Waals surface area contributed by atoms with Gasteiger partial charge in [0.25, 0.3) is 0 Å². The fourth-order valence-electron chi connectivity index (χ4n) is 2.19. The van der Waals surface area contributed by atoms with Crippen molar-refractivity contribution in [2.24, 2.45) is 0 Å². The van der Waals surface area contributed by atoms with Crippen LogP contribution in [-0.4, -0.2) is 31.4 Å². The quantitative estimate of drug-likeness (QED) is 0.884.